The average Bonchev–Trinajstić information content (AvgIpc) is 2.98. The minimum Gasteiger partial charge on any atom is -0.481 e. The summed E-state index contributed by atoms with van der Waals surface area (Å²) in [5, 5.41) is 14.7. The molecule has 3 amide bonds. The Bertz CT molecular complexity index is 688. The fourth-order valence-corrected chi connectivity index (χ4v) is 3.99. The summed E-state index contributed by atoms with van der Waals surface area (Å²) in [6.45, 7) is 1.62. The lowest BCUT2D eigenvalue weighted by atomic mass is 9.86. The number of urea groups is 1. The van der Waals surface area contributed by atoms with Crippen LogP contribution in [0.1, 0.15) is 61.7 Å². The van der Waals surface area contributed by atoms with Crippen molar-refractivity contribution in [3.63, 3.8) is 0 Å². The molecule has 0 radical (unpaired) electrons. The first kappa shape index (κ1) is 20.2. The van der Waals surface area contributed by atoms with E-state index in [0.717, 1.165) is 25.9 Å². The van der Waals surface area contributed by atoms with Crippen molar-refractivity contribution in [2.45, 2.75) is 57.4 Å². The van der Waals surface area contributed by atoms with Crippen molar-refractivity contribution in [1.82, 2.24) is 10.2 Å². The maximum absolute atomic E-state index is 12.6. The number of carboxylic acids is 1. The van der Waals surface area contributed by atoms with E-state index in [0.29, 0.717) is 36.9 Å². The van der Waals surface area contributed by atoms with Crippen molar-refractivity contribution in [3.8, 4) is 0 Å². The highest BCUT2D eigenvalue weighted by Crippen LogP contribution is 2.24. The van der Waals surface area contributed by atoms with Crippen LogP contribution in [0.15, 0.2) is 24.3 Å². The first-order valence-electron chi connectivity index (χ1n) is 10.2. The minimum absolute atomic E-state index is 0.000475. The first-order valence-corrected chi connectivity index (χ1v) is 10.2. The normalized spacial score (nSPS) is 22.8. The lowest BCUT2D eigenvalue weighted by Gasteiger charge is -2.26. The monoisotopic (exact) mass is 387 g/mol. The van der Waals surface area contributed by atoms with Crippen molar-refractivity contribution in [1.29, 1.82) is 0 Å². The van der Waals surface area contributed by atoms with Gasteiger partial charge in [0.2, 0.25) is 0 Å². The quantitative estimate of drug-likeness (QED) is 0.737. The van der Waals surface area contributed by atoms with Gasteiger partial charge in [-0.25, -0.2) is 4.79 Å². The van der Waals surface area contributed by atoms with E-state index in [1.807, 2.05) is 4.90 Å². The molecule has 1 saturated carbocycles. The molecule has 7 heteroatoms. The van der Waals surface area contributed by atoms with Crippen molar-refractivity contribution in [2.75, 3.05) is 18.4 Å². The van der Waals surface area contributed by atoms with Crippen LogP contribution in [0.3, 0.4) is 0 Å². The van der Waals surface area contributed by atoms with Crippen LogP contribution >= 0.6 is 0 Å². The number of carbonyl (C=O) groups excluding carboxylic acids is 2. The van der Waals surface area contributed by atoms with Crippen LogP contribution in [0.5, 0.6) is 0 Å². The SMILES string of the molecule is O=C(Nc1ccc(C(=O)N2CCCCCC2)cc1)NC1CCC(C(=O)O)CC1. The number of nitrogens with zero attached hydrogens (tertiary/aromatic N) is 1. The molecule has 1 aromatic rings. The largest absolute Gasteiger partial charge is 0.481 e. The average molecular weight is 387 g/mol. The van der Waals surface area contributed by atoms with E-state index >= 15 is 0 Å². The van der Waals surface area contributed by atoms with E-state index in [-0.39, 0.29) is 23.9 Å². The van der Waals surface area contributed by atoms with Crippen molar-refractivity contribution in [3.05, 3.63) is 29.8 Å². The van der Waals surface area contributed by atoms with Crippen LogP contribution in [-0.2, 0) is 4.79 Å². The maximum Gasteiger partial charge on any atom is 0.319 e. The molecule has 3 N–H and O–H groups in total. The van der Waals surface area contributed by atoms with Gasteiger partial charge in [-0.1, -0.05) is 12.8 Å². The van der Waals surface area contributed by atoms with Gasteiger partial charge in [0.25, 0.3) is 5.91 Å². The molecule has 0 bridgehead atoms. The molecular weight excluding hydrogens is 358 g/mol. The Morgan fingerprint density at radius 3 is 2.07 bits per heavy atom. The number of hydrogen-bond acceptors (Lipinski definition) is 3. The molecule has 0 aromatic heterocycles. The Labute approximate surface area is 165 Å². The second-order valence-corrected chi connectivity index (χ2v) is 7.77. The second kappa shape index (κ2) is 9.57. The van der Waals surface area contributed by atoms with Gasteiger partial charge in [-0.05, 0) is 62.8 Å². The summed E-state index contributed by atoms with van der Waals surface area (Å²) in [6.07, 6.45) is 7.00. The Balaban J connectivity index is 1.48. The molecule has 0 spiro atoms. The Morgan fingerprint density at radius 1 is 0.893 bits per heavy atom. The number of nitrogens with one attached hydrogen (secondary N) is 2. The summed E-state index contributed by atoms with van der Waals surface area (Å²) in [5.74, 6) is -0.999. The molecule has 1 heterocycles. The third-order valence-corrected chi connectivity index (χ3v) is 5.69. The molecule has 2 aliphatic rings. The summed E-state index contributed by atoms with van der Waals surface area (Å²) in [4.78, 5) is 37.7. The molecule has 1 aliphatic heterocycles. The van der Waals surface area contributed by atoms with Crippen molar-refractivity contribution in [2.24, 2.45) is 5.92 Å². The maximum atomic E-state index is 12.6. The zero-order valence-corrected chi connectivity index (χ0v) is 16.2. The molecule has 1 saturated heterocycles. The predicted octanol–water partition coefficient (Wildman–Crippen LogP) is 3.47. The molecular formula is C21H29N3O4. The van der Waals surface area contributed by atoms with Crippen LogP contribution in [0, 0.1) is 5.92 Å². The summed E-state index contributed by atoms with van der Waals surface area (Å²) in [6, 6.07) is 6.68. The van der Waals surface area contributed by atoms with E-state index in [2.05, 4.69) is 10.6 Å². The Hall–Kier alpha value is -2.57. The van der Waals surface area contributed by atoms with Gasteiger partial charge in [0.1, 0.15) is 0 Å². The van der Waals surface area contributed by atoms with Gasteiger partial charge in [0.05, 0.1) is 5.92 Å². The zero-order valence-electron chi connectivity index (χ0n) is 16.2. The number of benzene rings is 1. The number of aliphatic carboxylic acids is 1. The number of carbonyl (C=O) groups is 3. The molecule has 1 aliphatic carbocycles. The van der Waals surface area contributed by atoms with E-state index in [4.69, 9.17) is 5.11 Å². The smallest absolute Gasteiger partial charge is 0.319 e. The van der Waals surface area contributed by atoms with Crippen LogP contribution in [0.2, 0.25) is 0 Å². The van der Waals surface area contributed by atoms with E-state index in [1.54, 1.807) is 24.3 Å². The molecule has 2 fully saturated rings. The number of hydrogen-bond donors (Lipinski definition) is 3. The number of likely N-dealkylation sites (tertiary alicyclic amines) is 1. The van der Waals surface area contributed by atoms with Gasteiger partial charge in [-0.3, -0.25) is 9.59 Å². The van der Waals surface area contributed by atoms with Gasteiger partial charge in [-0.2, -0.15) is 0 Å². The number of carboxylic acid groups (broad SMARTS) is 1. The van der Waals surface area contributed by atoms with Crippen LogP contribution < -0.4 is 10.6 Å². The summed E-state index contributed by atoms with van der Waals surface area (Å²) in [5.41, 5.74) is 1.27. The Kier molecular flexibility index (Phi) is 6.90. The van der Waals surface area contributed by atoms with E-state index in [9.17, 15) is 14.4 Å². The van der Waals surface area contributed by atoms with Gasteiger partial charge in [-0.15, -0.1) is 0 Å². The summed E-state index contributed by atoms with van der Waals surface area (Å²) < 4.78 is 0. The third kappa shape index (κ3) is 5.47. The summed E-state index contributed by atoms with van der Waals surface area (Å²) >= 11 is 0. The predicted molar refractivity (Wildman–Crippen MR) is 106 cm³/mol. The third-order valence-electron chi connectivity index (χ3n) is 5.69. The van der Waals surface area contributed by atoms with Crippen molar-refractivity contribution < 1.29 is 19.5 Å². The van der Waals surface area contributed by atoms with Gasteiger partial charge >= 0.3 is 12.0 Å². The van der Waals surface area contributed by atoms with Crippen molar-refractivity contribution >= 4 is 23.6 Å². The zero-order chi connectivity index (χ0) is 19.9. The molecule has 28 heavy (non-hydrogen) atoms. The van der Waals surface area contributed by atoms with Gasteiger partial charge in [0.15, 0.2) is 0 Å². The number of rotatable bonds is 4. The lowest BCUT2D eigenvalue weighted by Crippen LogP contribution is -2.41. The highest BCUT2D eigenvalue weighted by Gasteiger charge is 2.26. The van der Waals surface area contributed by atoms with Crippen LogP contribution in [0.4, 0.5) is 10.5 Å². The van der Waals surface area contributed by atoms with E-state index in [1.165, 1.54) is 12.8 Å². The van der Waals surface area contributed by atoms with Crippen LogP contribution in [0.25, 0.3) is 0 Å². The fourth-order valence-electron chi connectivity index (χ4n) is 3.99. The standard InChI is InChI=1S/C21H29N3O4/c25-19(24-13-3-1-2-4-14-24)15-5-9-17(10-6-15)22-21(28)23-18-11-7-16(8-12-18)20(26)27/h5-6,9-10,16,18H,1-4,7-8,11-14H2,(H,26,27)(H2,22,23,28). The topological polar surface area (TPSA) is 98.7 Å². The molecule has 7 nitrogen and oxygen atoms in total. The molecule has 0 atom stereocenters. The number of amides is 3. The summed E-state index contributed by atoms with van der Waals surface area (Å²) in [7, 11) is 0. The fraction of sp³-hybridized carbons (Fsp3) is 0.571. The Morgan fingerprint density at radius 2 is 1.50 bits per heavy atom. The molecule has 1 aromatic carbocycles. The van der Waals surface area contributed by atoms with Crippen LogP contribution in [-0.4, -0.2) is 47.0 Å². The second-order valence-electron chi connectivity index (χ2n) is 7.77. The minimum atomic E-state index is -0.752. The molecule has 3 rings (SSSR count). The first-order chi connectivity index (χ1) is 13.5. The van der Waals surface area contributed by atoms with Gasteiger partial charge in [0, 0.05) is 30.4 Å². The van der Waals surface area contributed by atoms with E-state index < -0.39 is 5.97 Å². The number of anilines is 1. The molecule has 0 unspecified atom stereocenters. The highest BCUT2D eigenvalue weighted by atomic mass is 16.4. The highest BCUT2D eigenvalue weighted by molar-refractivity contribution is 5.95. The lowest BCUT2D eigenvalue weighted by molar-refractivity contribution is -0.142. The molecule has 152 valence electrons. The van der Waals surface area contributed by atoms with Gasteiger partial charge < -0.3 is 20.6 Å².